The number of nitrogens with zero attached hydrogens (tertiary/aromatic N) is 3. The Morgan fingerprint density at radius 3 is 2.65 bits per heavy atom. The fourth-order valence-electron chi connectivity index (χ4n) is 2.01. The second kappa shape index (κ2) is 9.14. The van der Waals surface area contributed by atoms with Crippen LogP contribution in [-0.2, 0) is 11.4 Å². The largest absolute Gasteiger partial charge is 0.465 e. The highest BCUT2D eigenvalue weighted by molar-refractivity contribution is 6.45. The Kier molecular flexibility index (Phi) is 6.63. The lowest BCUT2D eigenvalue weighted by molar-refractivity contribution is -0.00792. The maximum Gasteiger partial charge on any atom is 0.410 e. The number of oxime groups is 1. The first kappa shape index (κ1) is 18.9. The van der Waals surface area contributed by atoms with Crippen LogP contribution in [0.25, 0.3) is 0 Å². The minimum absolute atomic E-state index is 0.0314. The third kappa shape index (κ3) is 5.28. The third-order valence-corrected chi connectivity index (χ3v) is 3.24. The number of likely N-dealkylation sites (N-methyl/N-ethyl adjacent to an activating group) is 1. The molecule has 0 fully saturated rings. The van der Waals surface area contributed by atoms with Gasteiger partial charge in [0.2, 0.25) is 0 Å². The molecule has 2 rings (SSSR count). The maximum absolute atomic E-state index is 10.7. The number of carboxylic acid groups (broad SMARTS) is 1. The molecular weight excluding hydrogens is 338 g/mol. The molecule has 0 aliphatic heterocycles. The number of pyridine rings is 1. The van der Waals surface area contributed by atoms with Crippen LogP contribution in [0.15, 0.2) is 53.7 Å². The molecule has 0 bridgehead atoms. The summed E-state index contributed by atoms with van der Waals surface area (Å²) in [6, 6.07) is 13.7. The number of amidine groups is 1. The number of hydrogen-bond acceptors (Lipinski definition) is 6. The zero-order valence-corrected chi connectivity index (χ0v) is 14.1. The van der Waals surface area contributed by atoms with E-state index in [-0.39, 0.29) is 30.5 Å². The van der Waals surface area contributed by atoms with E-state index in [9.17, 15) is 10.0 Å². The van der Waals surface area contributed by atoms with E-state index < -0.39 is 6.09 Å². The fraction of sp³-hybridized carbons (Fsp3) is 0.176. The van der Waals surface area contributed by atoms with Crippen molar-refractivity contribution in [1.29, 1.82) is 5.41 Å². The van der Waals surface area contributed by atoms with Crippen molar-refractivity contribution in [2.24, 2.45) is 5.16 Å². The van der Waals surface area contributed by atoms with E-state index >= 15 is 0 Å². The van der Waals surface area contributed by atoms with E-state index in [0.29, 0.717) is 11.3 Å². The van der Waals surface area contributed by atoms with E-state index in [4.69, 9.17) is 15.4 Å². The highest BCUT2D eigenvalue weighted by atomic mass is 16.6. The highest BCUT2D eigenvalue weighted by Crippen LogP contribution is 2.08. The van der Waals surface area contributed by atoms with Gasteiger partial charge in [-0.1, -0.05) is 41.6 Å². The van der Waals surface area contributed by atoms with Crippen LogP contribution in [0.5, 0.6) is 0 Å². The number of anilines is 1. The average Bonchev–Trinajstić information content (AvgIpc) is 2.64. The van der Waals surface area contributed by atoms with Crippen molar-refractivity contribution in [2.75, 3.05) is 11.9 Å². The number of hydroxylamine groups is 2. The molecule has 26 heavy (non-hydrogen) atoms. The predicted molar refractivity (Wildman–Crippen MR) is 95.5 cm³/mol. The van der Waals surface area contributed by atoms with Crippen LogP contribution in [-0.4, -0.2) is 44.5 Å². The summed E-state index contributed by atoms with van der Waals surface area (Å²) in [7, 11) is 0. The molecular formula is C17H19N5O4. The zero-order chi connectivity index (χ0) is 18.9. The molecule has 0 unspecified atom stereocenters. The monoisotopic (exact) mass is 357 g/mol. The van der Waals surface area contributed by atoms with Crippen LogP contribution in [0.4, 0.5) is 10.6 Å². The molecule has 0 aliphatic rings. The summed E-state index contributed by atoms with van der Waals surface area (Å²) in [5.41, 5.74) is 1.23. The van der Waals surface area contributed by atoms with Crippen LogP contribution >= 0.6 is 0 Å². The smallest absolute Gasteiger partial charge is 0.410 e. The van der Waals surface area contributed by atoms with Gasteiger partial charge in [-0.3, -0.25) is 15.9 Å². The molecule has 4 N–H and O–H groups in total. The van der Waals surface area contributed by atoms with Crippen molar-refractivity contribution in [2.45, 2.75) is 13.5 Å². The number of hydrogen-bond donors (Lipinski definition) is 4. The average molecular weight is 357 g/mol. The van der Waals surface area contributed by atoms with Crippen LogP contribution in [0.2, 0.25) is 0 Å². The van der Waals surface area contributed by atoms with E-state index in [0.717, 1.165) is 5.06 Å². The van der Waals surface area contributed by atoms with E-state index in [1.165, 1.54) is 6.07 Å². The molecule has 0 aliphatic carbocycles. The van der Waals surface area contributed by atoms with E-state index in [1.54, 1.807) is 43.3 Å². The molecule has 0 saturated heterocycles. The second-order valence-corrected chi connectivity index (χ2v) is 5.09. The van der Waals surface area contributed by atoms with Gasteiger partial charge in [-0.2, -0.15) is 0 Å². The summed E-state index contributed by atoms with van der Waals surface area (Å²) in [5.74, 6) is -0.0286. The lowest BCUT2D eigenvalue weighted by atomic mass is 10.1. The molecule has 0 spiro atoms. The molecule has 0 radical (unpaired) electrons. The molecule has 1 amide bonds. The number of aromatic nitrogens is 1. The molecule has 0 atom stereocenters. The molecule has 9 nitrogen and oxygen atoms in total. The van der Waals surface area contributed by atoms with Gasteiger partial charge in [0, 0.05) is 12.1 Å². The summed E-state index contributed by atoms with van der Waals surface area (Å²) in [5, 5.41) is 33.4. The second-order valence-electron chi connectivity index (χ2n) is 5.09. The van der Waals surface area contributed by atoms with Gasteiger partial charge in [-0.25, -0.2) is 14.8 Å². The van der Waals surface area contributed by atoms with Crippen molar-refractivity contribution in [1.82, 2.24) is 10.0 Å². The topological polar surface area (TPSA) is 131 Å². The molecule has 1 aromatic carbocycles. The van der Waals surface area contributed by atoms with Crippen molar-refractivity contribution in [3.05, 3.63) is 59.8 Å². The van der Waals surface area contributed by atoms with Crippen LogP contribution in [0, 0.1) is 5.41 Å². The SMILES string of the molecule is CCN(O)C(=N)C(=NOCc1cccc(NC(=O)O)n1)c1ccccc1. The lowest BCUT2D eigenvalue weighted by Gasteiger charge is -2.16. The Labute approximate surface area is 150 Å². The van der Waals surface area contributed by atoms with Gasteiger partial charge in [0.1, 0.15) is 5.82 Å². The Hall–Kier alpha value is -3.46. The van der Waals surface area contributed by atoms with Gasteiger partial charge in [0.05, 0.1) is 5.69 Å². The predicted octanol–water partition coefficient (Wildman–Crippen LogP) is 2.78. The summed E-state index contributed by atoms with van der Waals surface area (Å²) in [6.45, 7) is 1.88. The molecule has 136 valence electrons. The fourth-order valence-corrected chi connectivity index (χ4v) is 2.01. The van der Waals surface area contributed by atoms with Gasteiger partial charge < -0.3 is 9.94 Å². The summed E-state index contributed by atoms with van der Waals surface area (Å²) < 4.78 is 0. The Morgan fingerprint density at radius 1 is 1.27 bits per heavy atom. The summed E-state index contributed by atoms with van der Waals surface area (Å²) >= 11 is 0. The van der Waals surface area contributed by atoms with Crippen LogP contribution in [0.3, 0.4) is 0 Å². The number of rotatable bonds is 7. The molecule has 9 heteroatoms. The Balaban J connectivity index is 2.15. The Bertz CT molecular complexity index is 795. The first-order chi connectivity index (χ1) is 12.5. The normalized spacial score (nSPS) is 10.9. The van der Waals surface area contributed by atoms with Crippen LogP contribution in [0.1, 0.15) is 18.2 Å². The van der Waals surface area contributed by atoms with Gasteiger partial charge in [0.15, 0.2) is 18.2 Å². The van der Waals surface area contributed by atoms with Gasteiger partial charge in [-0.05, 0) is 19.1 Å². The standard InChI is InChI=1S/C17H19N5O4/c1-2-22(25)16(18)15(12-7-4-3-5-8-12)21-26-11-13-9-6-10-14(19-13)20-17(23)24/h3-10,18,25H,2,11H2,1H3,(H,19,20)(H,23,24). The minimum atomic E-state index is -1.21. The molecule has 1 aromatic heterocycles. The number of amides is 1. The maximum atomic E-state index is 10.7. The van der Waals surface area contributed by atoms with Crippen molar-refractivity contribution in [3.8, 4) is 0 Å². The number of nitrogens with one attached hydrogen (secondary N) is 2. The van der Waals surface area contributed by atoms with E-state index in [2.05, 4.69) is 15.5 Å². The first-order valence-electron chi connectivity index (χ1n) is 7.77. The molecule has 1 heterocycles. The number of carbonyl (C=O) groups is 1. The third-order valence-electron chi connectivity index (χ3n) is 3.24. The quantitative estimate of drug-likeness (QED) is 0.342. The molecule has 0 saturated carbocycles. The minimum Gasteiger partial charge on any atom is -0.465 e. The highest BCUT2D eigenvalue weighted by Gasteiger charge is 2.16. The lowest BCUT2D eigenvalue weighted by Crippen LogP contribution is -2.33. The van der Waals surface area contributed by atoms with Crippen LogP contribution < -0.4 is 5.32 Å². The van der Waals surface area contributed by atoms with Gasteiger partial charge in [0.25, 0.3) is 0 Å². The Morgan fingerprint density at radius 2 is 2.00 bits per heavy atom. The summed E-state index contributed by atoms with van der Waals surface area (Å²) in [4.78, 5) is 20.0. The summed E-state index contributed by atoms with van der Waals surface area (Å²) in [6.07, 6.45) is -1.21. The van der Waals surface area contributed by atoms with Crippen molar-refractivity contribution < 1.29 is 19.9 Å². The van der Waals surface area contributed by atoms with E-state index in [1.807, 2.05) is 6.07 Å². The number of benzene rings is 1. The van der Waals surface area contributed by atoms with Gasteiger partial charge >= 0.3 is 6.09 Å². The first-order valence-corrected chi connectivity index (χ1v) is 7.77. The van der Waals surface area contributed by atoms with Crippen molar-refractivity contribution in [3.63, 3.8) is 0 Å². The van der Waals surface area contributed by atoms with Gasteiger partial charge in [-0.15, -0.1) is 0 Å². The molecule has 2 aromatic rings. The van der Waals surface area contributed by atoms with Crippen molar-refractivity contribution >= 4 is 23.5 Å². The zero-order valence-electron chi connectivity index (χ0n) is 14.1.